The summed E-state index contributed by atoms with van der Waals surface area (Å²) in [6.07, 6.45) is 1.88. The first-order valence-corrected chi connectivity index (χ1v) is 11.4. The first-order valence-electron chi connectivity index (χ1n) is 11.4. The highest BCUT2D eigenvalue weighted by Gasteiger charge is 2.28. The number of nitrogens with zero attached hydrogens (tertiary/aromatic N) is 3. The van der Waals surface area contributed by atoms with Gasteiger partial charge in [0.05, 0.1) is 18.5 Å². The maximum Gasteiger partial charge on any atom is 0.241 e. The zero-order valence-corrected chi connectivity index (χ0v) is 19.4. The van der Waals surface area contributed by atoms with E-state index in [4.69, 9.17) is 4.52 Å². The van der Waals surface area contributed by atoms with Gasteiger partial charge in [-0.25, -0.2) is 0 Å². The molecule has 2 heterocycles. The van der Waals surface area contributed by atoms with Gasteiger partial charge in [0.25, 0.3) is 0 Å². The van der Waals surface area contributed by atoms with Crippen molar-refractivity contribution in [2.75, 3.05) is 13.1 Å². The van der Waals surface area contributed by atoms with Crippen molar-refractivity contribution in [3.05, 3.63) is 70.6 Å². The first-order chi connectivity index (χ1) is 15.4. The summed E-state index contributed by atoms with van der Waals surface area (Å²) in [4.78, 5) is 19.8. The molecule has 1 aliphatic rings. The minimum atomic E-state index is -0.0311. The zero-order valence-electron chi connectivity index (χ0n) is 19.4. The van der Waals surface area contributed by atoms with Gasteiger partial charge in [0, 0.05) is 12.1 Å². The van der Waals surface area contributed by atoms with Crippen molar-refractivity contribution in [1.29, 1.82) is 0 Å². The molecular formula is C26H32N4O2. The van der Waals surface area contributed by atoms with Crippen LogP contribution in [0.2, 0.25) is 0 Å². The molecule has 1 aliphatic heterocycles. The van der Waals surface area contributed by atoms with E-state index < -0.39 is 0 Å². The molecule has 168 valence electrons. The van der Waals surface area contributed by atoms with Crippen LogP contribution < -0.4 is 5.32 Å². The van der Waals surface area contributed by atoms with Crippen molar-refractivity contribution in [1.82, 2.24) is 20.4 Å². The normalized spacial score (nSPS) is 17.8. The Bertz CT molecular complexity index is 1070. The highest BCUT2D eigenvalue weighted by atomic mass is 16.5. The lowest BCUT2D eigenvalue weighted by Gasteiger charge is -2.31. The summed E-state index contributed by atoms with van der Waals surface area (Å²) in [5, 5.41) is 7.35. The fraction of sp³-hybridized carbons (Fsp3) is 0.423. The molecule has 1 saturated heterocycles. The Labute approximate surface area is 190 Å². The highest BCUT2D eigenvalue weighted by Crippen LogP contribution is 2.23. The minimum Gasteiger partial charge on any atom is -0.349 e. The predicted octanol–water partition coefficient (Wildman–Crippen LogP) is 4.75. The van der Waals surface area contributed by atoms with E-state index in [-0.39, 0.29) is 17.9 Å². The SMILES string of the molecule is Cc1ccc(-c2noc(CN3CCCC(C(=O)NC(C)c4ccc(C)cc4C)C3)n2)cc1. The molecule has 0 bridgehead atoms. The second-order valence-electron chi connectivity index (χ2n) is 9.04. The number of piperidine rings is 1. The van der Waals surface area contributed by atoms with Crippen LogP contribution in [-0.2, 0) is 11.3 Å². The Balaban J connectivity index is 1.35. The fourth-order valence-corrected chi connectivity index (χ4v) is 4.46. The van der Waals surface area contributed by atoms with Crippen LogP contribution in [0.3, 0.4) is 0 Å². The topological polar surface area (TPSA) is 71.3 Å². The van der Waals surface area contributed by atoms with Gasteiger partial charge in [0.15, 0.2) is 0 Å². The van der Waals surface area contributed by atoms with Crippen LogP contribution in [-0.4, -0.2) is 34.0 Å². The van der Waals surface area contributed by atoms with E-state index in [0.29, 0.717) is 24.8 Å². The van der Waals surface area contributed by atoms with E-state index in [2.05, 4.69) is 66.3 Å². The van der Waals surface area contributed by atoms with Crippen LogP contribution in [0, 0.1) is 26.7 Å². The van der Waals surface area contributed by atoms with E-state index in [9.17, 15) is 4.79 Å². The summed E-state index contributed by atoms with van der Waals surface area (Å²) in [6.45, 7) is 10.5. The van der Waals surface area contributed by atoms with Gasteiger partial charge in [-0.2, -0.15) is 4.98 Å². The standard InChI is InChI=1S/C26H32N4O2/c1-17-7-10-21(11-8-17)25-28-24(32-29-25)16-30-13-5-6-22(15-30)26(31)27-20(4)23-12-9-18(2)14-19(23)3/h7-12,14,20,22H,5-6,13,15-16H2,1-4H3,(H,27,31). The summed E-state index contributed by atoms with van der Waals surface area (Å²) >= 11 is 0. The molecule has 6 heteroatoms. The lowest BCUT2D eigenvalue weighted by Crippen LogP contribution is -2.43. The first kappa shape index (κ1) is 22.2. The van der Waals surface area contributed by atoms with Gasteiger partial charge in [0.2, 0.25) is 17.6 Å². The van der Waals surface area contributed by atoms with E-state index in [1.165, 1.54) is 22.3 Å². The average molecular weight is 433 g/mol. The lowest BCUT2D eigenvalue weighted by atomic mass is 9.95. The highest BCUT2D eigenvalue weighted by molar-refractivity contribution is 5.79. The minimum absolute atomic E-state index is 0.00788. The monoisotopic (exact) mass is 432 g/mol. The summed E-state index contributed by atoms with van der Waals surface area (Å²) < 4.78 is 5.49. The number of benzene rings is 2. The molecule has 0 radical (unpaired) electrons. The van der Waals surface area contributed by atoms with Crippen molar-refractivity contribution in [2.45, 2.75) is 53.1 Å². The summed E-state index contributed by atoms with van der Waals surface area (Å²) in [7, 11) is 0. The quantitative estimate of drug-likeness (QED) is 0.609. The number of amides is 1. The van der Waals surface area contributed by atoms with E-state index in [1.54, 1.807) is 0 Å². The number of likely N-dealkylation sites (tertiary alicyclic amines) is 1. The van der Waals surface area contributed by atoms with Crippen LogP contribution in [0.25, 0.3) is 11.4 Å². The van der Waals surface area contributed by atoms with Crippen LogP contribution >= 0.6 is 0 Å². The molecule has 1 N–H and O–H groups in total. The predicted molar refractivity (Wildman–Crippen MR) is 125 cm³/mol. The average Bonchev–Trinajstić information content (AvgIpc) is 3.22. The van der Waals surface area contributed by atoms with Crippen molar-refractivity contribution < 1.29 is 9.32 Å². The maximum absolute atomic E-state index is 13.0. The zero-order chi connectivity index (χ0) is 22.7. The van der Waals surface area contributed by atoms with Crippen LogP contribution in [0.4, 0.5) is 0 Å². The Morgan fingerprint density at radius 1 is 1.16 bits per heavy atom. The second kappa shape index (κ2) is 9.65. The lowest BCUT2D eigenvalue weighted by molar-refractivity contribution is -0.127. The molecule has 1 amide bonds. The number of carbonyl (C=O) groups excluding carboxylic acids is 1. The van der Waals surface area contributed by atoms with Gasteiger partial charge in [-0.1, -0.05) is 58.7 Å². The molecule has 1 aromatic heterocycles. The molecule has 32 heavy (non-hydrogen) atoms. The number of carbonyl (C=O) groups is 1. The van der Waals surface area contributed by atoms with Crippen LogP contribution in [0.1, 0.15) is 54.0 Å². The largest absolute Gasteiger partial charge is 0.349 e. The third-order valence-corrected chi connectivity index (χ3v) is 6.26. The number of rotatable bonds is 6. The van der Waals surface area contributed by atoms with Crippen molar-refractivity contribution >= 4 is 5.91 Å². The van der Waals surface area contributed by atoms with E-state index >= 15 is 0 Å². The van der Waals surface area contributed by atoms with Gasteiger partial charge in [-0.05, 0) is 58.2 Å². The fourth-order valence-electron chi connectivity index (χ4n) is 4.46. The van der Waals surface area contributed by atoms with Crippen LogP contribution in [0.15, 0.2) is 47.0 Å². The number of hydrogen-bond acceptors (Lipinski definition) is 5. The summed E-state index contributed by atoms with van der Waals surface area (Å²) in [5.41, 5.74) is 5.76. The third kappa shape index (κ3) is 5.25. The molecule has 2 atom stereocenters. The smallest absolute Gasteiger partial charge is 0.241 e. The van der Waals surface area contributed by atoms with Crippen molar-refractivity contribution in [3.63, 3.8) is 0 Å². The Morgan fingerprint density at radius 2 is 1.91 bits per heavy atom. The third-order valence-electron chi connectivity index (χ3n) is 6.26. The van der Waals surface area contributed by atoms with Gasteiger partial charge >= 0.3 is 0 Å². The Hall–Kier alpha value is -2.99. The van der Waals surface area contributed by atoms with Gasteiger partial charge in [-0.3, -0.25) is 9.69 Å². The molecular weight excluding hydrogens is 400 g/mol. The van der Waals surface area contributed by atoms with Crippen molar-refractivity contribution in [3.8, 4) is 11.4 Å². The summed E-state index contributed by atoms with van der Waals surface area (Å²) in [5.74, 6) is 1.28. The number of hydrogen-bond donors (Lipinski definition) is 1. The molecule has 2 unspecified atom stereocenters. The molecule has 6 nitrogen and oxygen atoms in total. The van der Waals surface area contributed by atoms with E-state index in [0.717, 1.165) is 24.9 Å². The maximum atomic E-state index is 13.0. The van der Waals surface area contributed by atoms with Gasteiger partial charge in [0.1, 0.15) is 0 Å². The van der Waals surface area contributed by atoms with E-state index in [1.807, 2.05) is 24.3 Å². The molecule has 3 aromatic rings. The van der Waals surface area contributed by atoms with Crippen molar-refractivity contribution in [2.24, 2.45) is 5.92 Å². The summed E-state index contributed by atoms with van der Waals surface area (Å²) in [6, 6.07) is 14.5. The number of aromatic nitrogens is 2. The van der Waals surface area contributed by atoms with Gasteiger partial charge in [-0.15, -0.1) is 0 Å². The Kier molecular flexibility index (Phi) is 6.70. The molecule has 1 fully saturated rings. The molecule has 4 rings (SSSR count). The number of aryl methyl sites for hydroxylation is 3. The van der Waals surface area contributed by atoms with Gasteiger partial charge < -0.3 is 9.84 Å². The second-order valence-corrected chi connectivity index (χ2v) is 9.04. The molecule has 0 saturated carbocycles. The Morgan fingerprint density at radius 3 is 2.66 bits per heavy atom. The number of nitrogens with one attached hydrogen (secondary N) is 1. The van der Waals surface area contributed by atoms with Crippen LogP contribution in [0.5, 0.6) is 0 Å². The molecule has 0 spiro atoms. The molecule has 2 aromatic carbocycles. The molecule has 0 aliphatic carbocycles.